The van der Waals surface area contributed by atoms with Gasteiger partial charge in [0.2, 0.25) is 0 Å². The molecule has 0 unspecified atom stereocenters. The summed E-state index contributed by atoms with van der Waals surface area (Å²) in [6.07, 6.45) is -4.84. The molecule has 3 N–H and O–H groups in total. The van der Waals surface area contributed by atoms with Crippen molar-refractivity contribution in [3.8, 4) is 11.5 Å². The highest BCUT2D eigenvalue weighted by molar-refractivity contribution is 5.97. The van der Waals surface area contributed by atoms with Crippen LogP contribution >= 0.6 is 0 Å². The number of phenolic OH excluding ortho intramolecular Hbond substituents is 2. The fourth-order valence-corrected chi connectivity index (χ4v) is 1.60. The van der Waals surface area contributed by atoms with Crippen molar-refractivity contribution in [3.63, 3.8) is 0 Å². The van der Waals surface area contributed by atoms with Crippen molar-refractivity contribution in [1.82, 2.24) is 5.32 Å². The summed E-state index contributed by atoms with van der Waals surface area (Å²) in [5.41, 5.74) is -2.47. The van der Waals surface area contributed by atoms with Crippen LogP contribution < -0.4 is 5.32 Å². The highest BCUT2D eigenvalue weighted by atomic mass is 19.4. The van der Waals surface area contributed by atoms with E-state index in [9.17, 15) is 23.1 Å². The summed E-state index contributed by atoms with van der Waals surface area (Å²) in [6.45, 7) is 0. The van der Waals surface area contributed by atoms with E-state index in [1.54, 1.807) is 0 Å². The van der Waals surface area contributed by atoms with Crippen molar-refractivity contribution < 1.29 is 28.2 Å². The summed E-state index contributed by atoms with van der Waals surface area (Å²) in [7, 11) is 0. The smallest absolute Gasteiger partial charge is 0.411 e. The van der Waals surface area contributed by atoms with Crippen molar-refractivity contribution in [2.75, 3.05) is 0 Å². The van der Waals surface area contributed by atoms with E-state index < -0.39 is 23.4 Å². The molecule has 1 fully saturated rings. The Morgan fingerprint density at radius 3 is 2.33 bits per heavy atom. The number of alkyl halides is 3. The first-order chi connectivity index (χ1) is 8.25. The third-order valence-corrected chi connectivity index (χ3v) is 2.87. The zero-order valence-electron chi connectivity index (χ0n) is 9.08. The number of nitrogens with one attached hydrogen (secondary N) is 1. The molecular formula is C11H10F3NO3. The van der Waals surface area contributed by atoms with Crippen LogP contribution in [0.5, 0.6) is 11.5 Å². The third-order valence-electron chi connectivity index (χ3n) is 2.87. The molecule has 1 saturated carbocycles. The predicted octanol–water partition coefficient (Wildman–Crippen LogP) is 1.92. The monoisotopic (exact) mass is 261 g/mol. The van der Waals surface area contributed by atoms with Gasteiger partial charge < -0.3 is 15.5 Å². The number of hydrogen-bond donors (Lipinski definition) is 3. The number of carbonyl (C=O) groups is 1. The van der Waals surface area contributed by atoms with E-state index in [0.29, 0.717) is 0 Å². The molecule has 2 rings (SSSR count). The van der Waals surface area contributed by atoms with Gasteiger partial charge in [-0.25, -0.2) is 0 Å². The molecule has 1 aliphatic rings. The Kier molecular flexibility index (Phi) is 2.64. The maximum Gasteiger partial charge on any atom is 0.411 e. The van der Waals surface area contributed by atoms with Crippen LogP contribution in [-0.4, -0.2) is 27.8 Å². The quantitative estimate of drug-likeness (QED) is 0.761. The lowest BCUT2D eigenvalue weighted by Crippen LogP contribution is -2.47. The van der Waals surface area contributed by atoms with Crippen molar-refractivity contribution in [2.45, 2.75) is 24.6 Å². The maximum atomic E-state index is 12.6. The number of rotatable bonds is 2. The van der Waals surface area contributed by atoms with Crippen molar-refractivity contribution in [3.05, 3.63) is 23.8 Å². The molecule has 1 aromatic carbocycles. The van der Waals surface area contributed by atoms with Crippen LogP contribution in [0.3, 0.4) is 0 Å². The molecule has 0 heterocycles. The summed E-state index contributed by atoms with van der Waals surface area (Å²) in [5.74, 6) is -1.85. The van der Waals surface area contributed by atoms with Gasteiger partial charge in [-0.3, -0.25) is 4.79 Å². The van der Waals surface area contributed by atoms with Crippen LogP contribution in [0.25, 0.3) is 0 Å². The van der Waals surface area contributed by atoms with Crippen LogP contribution in [0.4, 0.5) is 13.2 Å². The van der Waals surface area contributed by atoms with Gasteiger partial charge in [-0.15, -0.1) is 0 Å². The number of hydrogen-bond acceptors (Lipinski definition) is 3. The molecule has 18 heavy (non-hydrogen) atoms. The van der Waals surface area contributed by atoms with Gasteiger partial charge in [-0.2, -0.15) is 13.2 Å². The van der Waals surface area contributed by atoms with E-state index in [-0.39, 0.29) is 24.2 Å². The molecule has 1 amide bonds. The van der Waals surface area contributed by atoms with Gasteiger partial charge >= 0.3 is 6.18 Å². The molecule has 4 nitrogen and oxygen atoms in total. The highest BCUT2D eigenvalue weighted by Crippen LogP contribution is 2.49. The number of phenols is 2. The second-order valence-electron chi connectivity index (χ2n) is 4.24. The first kappa shape index (κ1) is 12.5. The van der Waals surface area contributed by atoms with Gasteiger partial charge in [0, 0.05) is 6.07 Å². The minimum Gasteiger partial charge on any atom is -0.508 e. The Labute approximate surface area is 100 Å². The lowest BCUT2D eigenvalue weighted by atomic mass is 10.1. The first-order valence-electron chi connectivity index (χ1n) is 5.16. The Morgan fingerprint density at radius 1 is 1.28 bits per heavy atom. The summed E-state index contributed by atoms with van der Waals surface area (Å²) >= 11 is 0. The summed E-state index contributed by atoms with van der Waals surface area (Å²) in [6, 6.07) is 3.07. The molecule has 7 heteroatoms. The van der Waals surface area contributed by atoms with Crippen molar-refractivity contribution >= 4 is 5.91 Å². The molecule has 0 saturated heterocycles. The van der Waals surface area contributed by atoms with E-state index >= 15 is 0 Å². The van der Waals surface area contributed by atoms with Crippen LogP contribution in [0, 0.1) is 0 Å². The van der Waals surface area contributed by atoms with E-state index in [0.717, 1.165) is 18.2 Å². The predicted molar refractivity (Wildman–Crippen MR) is 55.3 cm³/mol. The van der Waals surface area contributed by atoms with Crippen LogP contribution in [0.15, 0.2) is 18.2 Å². The van der Waals surface area contributed by atoms with Gasteiger partial charge in [0.1, 0.15) is 17.0 Å². The SMILES string of the molecule is O=C(NC1(C(F)(F)F)CC1)c1ccc(O)cc1O. The van der Waals surface area contributed by atoms with E-state index in [1.807, 2.05) is 5.32 Å². The number of halogens is 3. The molecule has 0 spiro atoms. The largest absolute Gasteiger partial charge is 0.508 e. The second-order valence-corrected chi connectivity index (χ2v) is 4.24. The van der Waals surface area contributed by atoms with Crippen molar-refractivity contribution in [2.24, 2.45) is 0 Å². The molecule has 1 aliphatic carbocycles. The summed E-state index contributed by atoms with van der Waals surface area (Å²) in [5, 5.41) is 20.3. The number of aromatic hydroxyl groups is 2. The standard InChI is InChI=1S/C11H10F3NO3/c12-11(13,14)10(3-4-10)15-9(18)7-2-1-6(16)5-8(7)17/h1-2,5,16-17H,3-4H2,(H,15,18). The zero-order chi connectivity index (χ0) is 13.6. The zero-order valence-corrected chi connectivity index (χ0v) is 9.08. The van der Waals surface area contributed by atoms with Crippen LogP contribution in [0.1, 0.15) is 23.2 Å². The van der Waals surface area contributed by atoms with Gasteiger partial charge in [0.25, 0.3) is 5.91 Å². The van der Waals surface area contributed by atoms with E-state index in [2.05, 4.69) is 0 Å². The molecule has 0 atom stereocenters. The topological polar surface area (TPSA) is 69.6 Å². The minimum absolute atomic E-state index is 0.166. The lowest BCUT2D eigenvalue weighted by molar-refractivity contribution is -0.163. The third kappa shape index (κ3) is 2.07. The van der Waals surface area contributed by atoms with Gasteiger partial charge in [-0.05, 0) is 25.0 Å². The number of benzene rings is 1. The second kappa shape index (κ2) is 3.79. The molecule has 98 valence electrons. The summed E-state index contributed by atoms with van der Waals surface area (Å²) < 4.78 is 37.9. The highest BCUT2D eigenvalue weighted by Gasteiger charge is 2.64. The Morgan fingerprint density at radius 2 is 1.89 bits per heavy atom. The lowest BCUT2D eigenvalue weighted by Gasteiger charge is -2.20. The maximum absolute atomic E-state index is 12.6. The Balaban J connectivity index is 2.19. The van der Waals surface area contributed by atoms with Crippen LogP contribution in [-0.2, 0) is 0 Å². The Hall–Kier alpha value is -1.92. The molecule has 0 aliphatic heterocycles. The molecule has 0 radical (unpaired) electrons. The molecule has 0 bridgehead atoms. The van der Waals surface area contributed by atoms with Crippen LogP contribution in [0.2, 0.25) is 0 Å². The van der Waals surface area contributed by atoms with Gasteiger partial charge in [-0.1, -0.05) is 0 Å². The molecule has 0 aromatic heterocycles. The summed E-state index contributed by atoms with van der Waals surface area (Å²) in [4.78, 5) is 11.6. The van der Waals surface area contributed by atoms with E-state index in [4.69, 9.17) is 5.11 Å². The Bertz CT molecular complexity index is 495. The average Bonchev–Trinajstić information content (AvgIpc) is 2.97. The van der Waals surface area contributed by atoms with Gasteiger partial charge in [0.05, 0.1) is 5.56 Å². The number of carbonyl (C=O) groups excluding carboxylic acids is 1. The average molecular weight is 261 g/mol. The van der Waals surface area contributed by atoms with Crippen molar-refractivity contribution in [1.29, 1.82) is 0 Å². The van der Waals surface area contributed by atoms with Gasteiger partial charge in [0.15, 0.2) is 0 Å². The normalized spacial score (nSPS) is 17.3. The molecule has 1 aromatic rings. The molecular weight excluding hydrogens is 251 g/mol. The number of amides is 1. The van der Waals surface area contributed by atoms with E-state index in [1.165, 1.54) is 0 Å². The fraction of sp³-hybridized carbons (Fsp3) is 0.364. The first-order valence-corrected chi connectivity index (χ1v) is 5.16. The fourth-order valence-electron chi connectivity index (χ4n) is 1.60. The minimum atomic E-state index is -4.50.